The summed E-state index contributed by atoms with van der Waals surface area (Å²) >= 11 is 3.27. The first kappa shape index (κ1) is 18.4. The molecule has 2 aromatic rings. The van der Waals surface area contributed by atoms with Crippen LogP contribution in [0.25, 0.3) is 11.2 Å². The number of aryl methyl sites for hydroxylation is 2. The van der Waals surface area contributed by atoms with Crippen LogP contribution in [0, 0.1) is 0 Å². The van der Waals surface area contributed by atoms with Crippen molar-refractivity contribution in [2.45, 2.75) is 45.8 Å². The summed E-state index contributed by atoms with van der Waals surface area (Å²) in [5, 5.41) is 0. The Balaban J connectivity index is 2.18. The van der Waals surface area contributed by atoms with Crippen molar-refractivity contribution in [1.82, 2.24) is 18.7 Å². The Morgan fingerprint density at radius 3 is 2.54 bits per heavy atom. The van der Waals surface area contributed by atoms with Crippen LogP contribution in [-0.2, 0) is 30.2 Å². The summed E-state index contributed by atoms with van der Waals surface area (Å²) in [4.78, 5) is 40.1. The van der Waals surface area contributed by atoms with E-state index in [4.69, 9.17) is 4.74 Å². The van der Waals surface area contributed by atoms with Crippen LogP contribution in [0.3, 0.4) is 0 Å². The van der Waals surface area contributed by atoms with E-state index in [1.165, 1.54) is 16.1 Å². The van der Waals surface area contributed by atoms with Crippen molar-refractivity contribution in [3.8, 4) is 0 Å². The number of ether oxygens (including phenoxy) is 1. The minimum Gasteiger partial charge on any atom is -0.463 e. The molecule has 2 aromatic heterocycles. The number of unbranched alkanes of at least 4 members (excludes halogenated alkanes) is 1. The Bertz CT molecular complexity index is 880. The van der Waals surface area contributed by atoms with Crippen LogP contribution >= 0.6 is 15.9 Å². The zero-order chi connectivity index (χ0) is 18.0. The van der Waals surface area contributed by atoms with Crippen molar-refractivity contribution in [3.63, 3.8) is 0 Å². The third kappa shape index (κ3) is 3.61. The highest BCUT2D eigenvalue weighted by Crippen LogP contribution is 2.14. The lowest BCUT2D eigenvalue weighted by molar-refractivity contribution is -0.145. The van der Waals surface area contributed by atoms with Gasteiger partial charge in [0.15, 0.2) is 15.9 Å². The van der Waals surface area contributed by atoms with Gasteiger partial charge in [0.25, 0.3) is 5.56 Å². The topological polar surface area (TPSA) is 88.1 Å². The summed E-state index contributed by atoms with van der Waals surface area (Å²) in [6, 6.07) is 0. The second-order valence-corrected chi connectivity index (χ2v) is 6.54. The zero-order valence-corrected chi connectivity index (χ0v) is 15.8. The van der Waals surface area contributed by atoms with Gasteiger partial charge in [-0.2, -0.15) is 0 Å². The maximum atomic E-state index is 12.6. The van der Waals surface area contributed by atoms with Gasteiger partial charge in [-0.1, -0.05) is 0 Å². The molecule has 0 aliphatic carbocycles. The molecule has 9 heteroatoms. The number of aromatic nitrogens is 4. The predicted molar refractivity (Wildman–Crippen MR) is 93.0 cm³/mol. The lowest BCUT2D eigenvalue weighted by atomic mass is 10.2. The molecule has 0 saturated heterocycles. The number of halogens is 1. The third-order valence-electron chi connectivity index (χ3n) is 3.91. The highest BCUT2D eigenvalue weighted by Gasteiger charge is 2.17. The SMILES string of the molecule is CC(=O)O[C@H](C)CCCCn1c(=O)c2c(nc(Br)n2C)n(C)c1=O. The third-order valence-corrected chi connectivity index (χ3v) is 4.62. The minimum absolute atomic E-state index is 0.169. The van der Waals surface area contributed by atoms with Gasteiger partial charge in [-0.05, 0) is 42.1 Å². The summed E-state index contributed by atoms with van der Waals surface area (Å²) in [5.41, 5.74) is 0.0179. The van der Waals surface area contributed by atoms with E-state index in [0.717, 1.165) is 6.42 Å². The van der Waals surface area contributed by atoms with E-state index in [-0.39, 0.29) is 23.3 Å². The Morgan fingerprint density at radius 2 is 1.92 bits per heavy atom. The summed E-state index contributed by atoms with van der Waals surface area (Å²) in [6.45, 7) is 3.52. The van der Waals surface area contributed by atoms with Crippen LogP contribution in [0.5, 0.6) is 0 Å². The van der Waals surface area contributed by atoms with E-state index >= 15 is 0 Å². The first-order chi connectivity index (χ1) is 11.2. The Kier molecular flexibility index (Phi) is 5.63. The number of hydrogen-bond acceptors (Lipinski definition) is 5. The lowest BCUT2D eigenvalue weighted by Gasteiger charge is -2.12. The summed E-state index contributed by atoms with van der Waals surface area (Å²) < 4.78 is 9.78. The number of fused-ring (bicyclic) bond motifs is 1. The number of nitrogens with zero attached hydrogens (tertiary/aromatic N) is 4. The van der Waals surface area contributed by atoms with Gasteiger partial charge in [-0.15, -0.1) is 0 Å². The fourth-order valence-corrected chi connectivity index (χ4v) is 3.00. The number of rotatable bonds is 6. The van der Waals surface area contributed by atoms with Gasteiger partial charge in [0.05, 0.1) is 6.10 Å². The maximum absolute atomic E-state index is 12.6. The van der Waals surface area contributed by atoms with E-state index < -0.39 is 0 Å². The van der Waals surface area contributed by atoms with Crippen molar-refractivity contribution >= 4 is 33.1 Å². The van der Waals surface area contributed by atoms with Crippen LogP contribution in [0.4, 0.5) is 0 Å². The van der Waals surface area contributed by atoms with Gasteiger partial charge in [-0.25, -0.2) is 9.78 Å². The molecule has 0 aliphatic heterocycles. The van der Waals surface area contributed by atoms with Crippen molar-refractivity contribution < 1.29 is 9.53 Å². The van der Waals surface area contributed by atoms with Gasteiger partial charge in [-0.3, -0.25) is 18.7 Å². The summed E-state index contributed by atoms with van der Waals surface area (Å²) in [7, 11) is 3.32. The second-order valence-electron chi connectivity index (χ2n) is 5.83. The van der Waals surface area contributed by atoms with Crippen molar-refractivity contribution in [1.29, 1.82) is 0 Å². The van der Waals surface area contributed by atoms with Crippen LogP contribution in [-0.4, -0.2) is 30.8 Å². The molecule has 24 heavy (non-hydrogen) atoms. The van der Waals surface area contributed by atoms with Crippen LogP contribution in [0.1, 0.15) is 33.1 Å². The molecule has 1 atom stereocenters. The molecular weight excluding hydrogens is 380 g/mol. The molecule has 0 radical (unpaired) electrons. The highest BCUT2D eigenvalue weighted by atomic mass is 79.9. The van der Waals surface area contributed by atoms with Crippen LogP contribution in [0.15, 0.2) is 14.3 Å². The summed E-state index contributed by atoms with van der Waals surface area (Å²) in [6.07, 6.45) is 1.91. The Hall–Kier alpha value is -1.90. The normalized spacial score (nSPS) is 12.5. The molecule has 0 amide bonds. The van der Waals surface area contributed by atoms with Crippen molar-refractivity contribution in [3.05, 3.63) is 25.6 Å². The standard InChI is InChI=1S/C15H21BrN4O4/c1-9(24-10(2)21)7-5-6-8-20-13(22)11-12(19(4)15(20)23)17-14(16)18(11)3/h9H,5-8H2,1-4H3/t9-/m1/s1. The molecule has 0 fully saturated rings. The molecule has 2 rings (SSSR count). The largest absolute Gasteiger partial charge is 0.463 e. The molecule has 0 saturated carbocycles. The molecule has 0 spiro atoms. The number of imidazole rings is 1. The smallest absolute Gasteiger partial charge is 0.332 e. The van der Waals surface area contributed by atoms with E-state index in [1.807, 2.05) is 6.92 Å². The zero-order valence-electron chi connectivity index (χ0n) is 14.2. The molecular formula is C15H21BrN4O4. The highest BCUT2D eigenvalue weighted by molar-refractivity contribution is 9.10. The number of esters is 1. The maximum Gasteiger partial charge on any atom is 0.332 e. The molecule has 0 aromatic carbocycles. The van der Waals surface area contributed by atoms with Crippen molar-refractivity contribution in [2.24, 2.45) is 14.1 Å². The number of hydrogen-bond donors (Lipinski definition) is 0. The van der Waals surface area contributed by atoms with Gasteiger partial charge >= 0.3 is 11.7 Å². The fourth-order valence-electron chi connectivity index (χ4n) is 2.66. The first-order valence-electron chi connectivity index (χ1n) is 7.73. The van der Waals surface area contributed by atoms with E-state index in [9.17, 15) is 14.4 Å². The predicted octanol–water partition coefficient (Wildman–Crippen LogP) is 1.32. The Labute approximate surface area is 147 Å². The molecule has 0 bridgehead atoms. The van der Waals surface area contributed by atoms with Gasteiger partial charge < -0.3 is 9.30 Å². The van der Waals surface area contributed by atoms with Gasteiger partial charge in [0.1, 0.15) is 0 Å². The van der Waals surface area contributed by atoms with Gasteiger partial charge in [0.2, 0.25) is 0 Å². The second kappa shape index (κ2) is 7.33. The van der Waals surface area contributed by atoms with E-state index in [0.29, 0.717) is 35.3 Å². The average molecular weight is 401 g/mol. The monoisotopic (exact) mass is 400 g/mol. The molecule has 0 unspecified atom stereocenters. The molecule has 0 aliphatic rings. The number of carbonyl (C=O) groups excluding carboxylic acids is 1. The van der Waals surface area contributed by atoms with Crippen LogP contribution in [0.2, 0.25) is 0 Å². The lowest BCUT2D eigenvalue weighted by Crippen LogP contribution is -2.39. The van der Waals surface area contributed by atoms with E-state index in [1.54, 1.807) is 18.7 Å². The first-order valence-corrected chi connectivity index (χ1v) is 8.52. The minimum atomic E-state index is -0.383. The van der Waals surface area contributed by atoms with Crippen LogP contribution < -0.4 is 11.2 Å². The average Bonchev–Trinajstić information content (AvgIpc) is 2.79. The molecule has 2 heterocycles. The van der Waals surface area contributed by atoms with Crippen molar-refractivity contribution in [2.75, 3.05) is 0 Å². The Morgan fingerprint density at radius 1 is 1.25 bits per heavy atom. The fraction of sp³-hybridized carbons (Fsp3) is 0.600. The summed E-state index contributed by atoms with van der Waals surface area (Å²) in [5.74, 6) is -0.306. The molecule has 132 valence electrons. The molecule has 8 nitrogen and oxygen atoms in total. The quantitative estimate of drug-likeness (QED) is 0.414. The molecule has 0 N–H and O–H groups in total. The van der Waals surface area contributed by atoms with E-state index in [2.05, 4.69) is 20.9 Å². The van der Waals surface area contributed by atoms with Gasteiger partial charge in [0, 0.05) is 27.6 Å². The number of carbonyl (C=O) groups is 1.